The van der Waals surface area contributed by atoms with Gasteiger partial charge in [-0.25, -0.2) is 19.7 Å². The Morgan fingerprint density at radius 3 is 2.93 bits per heavy atom. The topological polar surface area (TPSA) is 117 Å². The van der Waals surface area contributed by atoms with E-state index in [1.54, 1.807) is 12.1 Å². The molecule has 0 saturated carbocycles. The van der Waals surface area contributed by atoms with Crippen LogP contribution >= 0.6 is 11.6 Å². The second-order valence-electron chi connectivity index (χ2n) is 6.02. The van der Waals surface area contributed by atoms with Gasteiger partial charge in [0.25, 0.3) is 12.0 Å². The van der Waals surface area contributed by atoms with Gasteiger partial charge < -0.3 is 15.6 Å². The smallest absolute Gasteiger partial charge is 0.285 e. The minimum absolute atomic E-state index is 0.0304. The molecule has 5 N–H and O–H groups in total. The second-order valence-corrected chi connectivity index (χ2v) is 6.40. The van der Waals surface area contributed by atoms with Crippen molar-refractivity contribution in [2.45, 2.75) is 19.4 Å². The van der Waals surface area contributed by atoms with Gasteiger partial charge in [-0.2, -0.15) is 5.10 Å². The maximum absolute atomic E-state index is 13.1. The van der Waals surface area contributed by atoms with E-state index in [2.05, 4.69) is 15.2 Å². The van der Waals surface area contributed by atoms with Gasteiger partial charge in [0.15, 0.2) is 0 Å². The van der Waals surface area contributed by atoms with E-state index in [-0.39, 0.29) is 23.8 Å². The van der Waals surface area contributed by atoms with Gasteiger partial charge in [0, 0.05) is 30.4 Å². The lowest BCUT2D eigenvalue weighted by Crippen LogP contribution is -2.42. The summed E-state index contributed by atoms with van der Waals surface area (Å²) in [5.74, 6) is 6.09. The molecule has 0 amide bonds. The average Bonchev–Trinajstić information content (AvgIpc) is 2.64. The van der Waals surface area contributed by atoms with Crippen molar-refractivity contribution in [3.05, 3.63) is 62.6 Å². The predicted octanol–water partition coefficient (Wildman–Crippen LogP) is 1.51. The van der Waals surface area contributed by atoms with Crippen LogP contribution < -0.4 is 22.0 Å². The van der Waals surface area contributed by atoms with Crippen LogP contribution in [0.25, 0.3) is 0 Å². The monoisotopic (exact) mass is 397 g/mol. The van der Waals surface area contributed by atoms with Crippen molar-refractivity contribution < 1.29 is 8.78 Å². The first-order valence-electron chi connectivity index (χ1n) is 8.08. The lowest BCUT2D eigenvalue weighted by molar-refractivity contribution is 0.143. The van der Waals surface area contributed by atoms with E-state index < -0.39 is 12.0 Å². The molecule has 0 radical (unpaired) electrons. The molecule has 3 heterocycles. The van der Waals surface area contributed by atoms with Crippen LogP contribution in [-0.2, 0) is 6.54 Å². The molecule has 0 bridgehead atoms. The molecular formula is C16H18ClF2N7O. The highest BCUT2D eigenvalue weighted by atomic mass is 35.5. The van der Waals surface area contributed by atoms with E-state index in [1.165, 1.54) is 17.4 Å². The van der Waals surface area contributed by atoms with Gasteiger partial charge in [0.05, 0.1) is 30.7 Å². The summed E-state index contributed by atoms with van der Waals surface area (Å²) in [5, 5.41) is 7.39. The highest BCUT2D eigenvalue weighted by molar-refractivity contribution is 6.33. The van der Waals surface area contributed by atoms with E-state index >= 15 is 0 Å². The summed E-state index contributed by atoms with van der Waals surface area (Å²) < 4.78 is 26.2. The summed E-state index contributed by atoms with van der Waals surface area (Å²) in [6, 6.07) is 3.14. The number of alkyl halides is 2. The molecule has 1 aliphatic heterocycles. The van der Waals surface area contributed by atoms with Crippen molar-refractivity contribution in [1.82, 2.24) is 20.2 Å². The van der Waals surface area contributed by atoms with Gasteiger partial charge in [-0.3, -0.25) is 9.78 Å². The molecule has 144 valence electrons. The summed E-state index contributed by atoms with van der Waals surface area (Å²) >= 11 is 6.03. The van der Waals surface area contributed by atoms with Crippen LogP contribution in [0.2, 0.25) is 5.02 Å². The maximum atomic E-state index is 13.1. The fraction of sp³-hybridized carbons (Fsp3) is 0.312. The van der Waals surface area contributed by atoms with E-state index in [9.17, 15) is 13.6 Å². The average molecular weight is 398 g/mol. The van der Waals surface area contributed by atoms with Crippen molar-refractivity contribution in [3.8, 4) is 0 Å². The zero-order valence-electron chi connectivity index (χ0n) is 14.2. The molecular weight excluding hydrogens is 380 g/mol. The molecule has 8 nitrogen and oxygen atoms in total. The normalized spacial score (nSPS) is 14.8. The molecule has 11 heteroatoms. The summed E-state index contributed by atoms with van der Waals surface area (Å²) in [5.41, 5.74) is 7.27. The Bertz CT molecular complexity index is 918. The number of nitrogens with two attached hydrogens (primary N) is 2. The first kappa shape index (κ1) is 19.1. The van der Waals surface area contributed by atoms with Crippen LogP contribution in [-0.4, -0.2) is 33.3 Å². The van der Waals surface area contributed by atoms with Gasteiger partial charge in [0.2, 0.25) is 0 Å². The van der Waals surface area contributed by atoms with Crippen LogP contribution in [0.3, 0.4) is 0 Å². The van der Waals surface area contributed by atoms with Gasteiger partial charge in [0.1, 0.15) is 10.7 Å². The van der Waals surface area contributed by atoms with E-state index in [4.69, 9.17) is 23.2 Å². The number of aromatic amines is 1. The van der Waals surface area contributed by atoms with Crippen LogP contribution in [0.1, 0.15) is 24.1 Å². The predicted molar refractivity (Wildman–Crippen MR) is 96.8 cm³/mol. The highest BCUT2D eigenvalue weighted by Gasteiger charge is 2.24. The number of hydrogen-bond acceptors (Lipinski definition) is 7. The molecule has 0 spiro atoms. The van der Waals surface area contributed by atoms with E-state index in [0.29, 0.717) is 35.6 Å². The van der Waals surface area contributed by atoms with E-state index in [1.807, 2.05) is 4.90 Å². The minimum Gasteiger partial charge on any atom is -0.399 e. The Labute approximate surface area is 158 Å². The van der Waals surface area contributed by atoms with Crippen LogP contribution in [0, 0.1) is 0 Å². The number of H-pyrrole nitrogens is 1. The largest absolute Gasteiger partial charge is 0.399 e. The quantitative estimate of drug-likeness (QED) is 0.517. The van der Waals surface area contributed by atoms with Crippen molar-refractivity contribution in [1.29, 1.82) is 0 Å². The molecule has 0 atom stereocenters. The van der Waals surface area contributed by atoms with Gasteiger partial charge in [-0.15, -0.1) is 0 Å². The molecule has 2 aromatic heterocycles. The summed E-state index contributed by atoms with van der Waals surface area (Å²) in [6.07, 6.45) is 0.536. The molecule has 27 heavy (non-hydrogen) atoms. The molecule has 0 saturated heterocycles. The Morgan fingerprint density at radius 1 is 1.44 bits per heavy atom. The molecule has 2 aromatic rings. The maximum Gasteiger partial charge on any atom is 0.285 e. The molecule has 0 fully saturated rings. The van der Waals surface area contributed by atoms with Crippen LogP contribution in [0.4, 0.5) is 14.5 Å². The Balaban J connectivity index is 1.78. The Morgan fingerprint density at radius 2 is 2.22 bits per heavy atom. The number of nitrogens with zero attached hydrogens (tertiary/aromatic N) is 4. The van der Waals surface area contributed by atoms with Crippen molar-refractivity contribution >= 4 is 17.3 Å². The third-order valence-electron chi connectivity index (χ3n) is 4.29. The van der Waals surface area contributed by atoms with Crippen molar-refractivity contribution in [3.63, 3.8) is 0 Å². The molecule has 3 rings (SSSR count). The fourth-order valence-corrected chi connectivity index (χ4v) is 3.18. The first-order valence-corrected chi connectivity index (χ1v) is 8.46. The zero-order valence-corrected chi connectivity index (χ0v) is 15.0. The van der Waals surface area contributed by atoms with Crippen molar-refractivity contribution in [2.24, 2.45) is 11.6 Å². The third kappa shape index (κ3) is 4.01. The van der Waals surface area contributed by atoms with Crippen LogP contribution in [0.15, 0.2) is 40.7 Å². The van der Waals surface area contributed by atoms with E-state index in [0.717, 1.165) is 0 Å². The zero-order chi connectivity index (χ0) is 19.6. The number of halogens is 3. The second kappa shape index (κ2) is 7.89. The fourth-order valence-electron chi connectivity index (χ4n) is 2.97. The number of rotatable bonds is 5. The third-order valence-corrected chi connectivity index (χ3v) is 4.65. The minimum atomic E-state index is -2.69. The number of pyridine rings is 1. The Kier molecular flexibility index (Phi) is 5.57. The molecule has 0 unspecified atom stereocenters. The van der Waals surface area contributed by atoms with Gasteiger partial charge in [-0.1, -0.05) is 17.7 Å². The SMILES string of the molecule is NC1=C(N(N)Cc2cccnc2C(F)F)CCN(c2cn[nH]c(=O)c2Cl)C1. The number of aromatic nitrogens is 3. The highest BCUT2D eigenvalue weighted by Crippen LogP contribution is 2.27. The number of anilines is 1. The van der Waals surface area contributed by atoms with Gasteiger partial charge in [-0.05, 0) is 6.07 Å². The lowest BCUT2D eigenvalue weighted by atomic mass is 10.1. The number of nitrogens with one attached hydrogen (secondary N) is 1. The molecule has 0 aromatic carbocycles. The van der Waals surface area contributed by atoms with Crippen LogP contribution in [0.5, 0.6) is 0 Å². The summed E-state index contributed by atoms with van der Waals surface area (Å²) in [4.78, 5) is 17.1. The summed E-state index contributed by atoms with van der Waals surface area (Å²) in [7, 11) is 0. The number of hydrogen-bond donors (Lipinski definition) is 3. The molecule has 0 aliphatic carbocycles. The standard InChI is InChI=1S/C16H18ClF2N7O/c17-13-12(6-23-24-16(13)27)25-5-3-11(10(20)8-25)26(21)7-9-2-1-4-22-14(9)15(18)19/h1-2,4,6,15H,3,5,7-8,20-21H2,(H,24,27). The van der Waals surface area contributed by atoms with Crippen molar-refractivity contribution in [2.75, 3.05) is 18.0 Å². The first-order chi connectivity index (χ1) is 12.9. The lowest BCUT2D eigenvalue weighted by Gasteiger charge is -2.34. The van der Waals surface area contributed by atoms with Gasteiger partial charge >= 0.3 is 0 Å². The number of hydrazine groups is 1. The molecule has 1 aliphatic rings. The summed E-state index contributed by atoms with van der Waals surface area (Å²) in [6.45, 7) is 0.822. The Hall–Kier alpha value is -2.72.